The van der Waals surface area contributed by atoms with Crippen molar-refractivity contribution in [2.45, 2.75) is 31.7 Å². The molecular formula is C11H16N2. The van der Waals surface area contributed by atoms with Crippen molar-refractivity contribution in [1.29, 1.82) is 0 Å². The van der Waals surface area contributed by atoms with Gasteiger partial charge in [-0.1, -0.05) is 0 Å². The second-order valence-electron chi connectivity index (χ2n) is 4.38. The monoisotopic (exact) mass is 176 g/mol. The van der Waals surface area contributed by atoms with Gasteiger partial charge in [0, 0.05) is 18.4 Å². The molecule has 0 amide bonds. The fraction of sp³-hybridized carbons (Fsp3) is 0.636. The molecule has 1 aromatic heterocycles. The van der Waals surface area contributed by atoms with E-state index in [0.717, 1.165) is 12.0 Å². The van der Waals surface area contributed by atoms with Gasteiger partial charge in [-0.3, -0.25) is 0 Å². The van der Waals surface area contributed by atoms with Crippen LogP contribution in [0.3, 0.4) is 0 Å². The number of aromatic nitrogens is 1. The van der Waals surface area contributed by atoms with Crippen LogP contribution in [0.4, 0.5) is 0 Å². The van der Waals surface area contributed by atoms with E-state index in [2.05, 4.69) is 22.7 Å². The van der Waals surface area contributed by atoms with Gasteiger partial charge in [0.1, 0.15) is 0 Å². The van der Waals surface area contributed by atoms with Crippen LogP contribution in [0, 0.1) is 5.92 Å². The van der Waals surface area contributed by atoms with Gasteiger partial charge < -0.3 is 10.3 Å². The Balaban J connectivity index is 1.89. The van der Waals surface area contributed by atoms with Gasteiger partial charge in [0.05, 0.1) is 0 Å². The standard InChI is InChI=1S/C11H16N2/c1-2-8-4-9-6-12-7-10(9)5-11(8)13-3-1/h6-8,11-13H,1-5H2/t8-,11-/m0/s1. The maximum atomic E-state index is 3.64. The van der Waals surface area contributed by atoms with Crippen LogP contribution < -0.4 is 5.32 Å². The third-order valence-electron chi connectivity index (χ3n) is 3.58. The fourth-order valence-corrected chi connectivity index (χ4v) is 2.83. The predicted octanol–water partition coefficient (Wildman–Crippen LogP) is 1.48. The maximum Gasteiger partial charge on any atom is 0.0140 e. The van der Waals surface area contributed by atoms with E-state index in [1.807, 2.05) is 0 Å². The van der Waals surface area contributed by atoms with Gasteiger partial charge in [-0.2, -0.15) is 0 Å². The SMILES string of the molecule is c1[nH]cc2c1C[C@@H]1CCCN[C@H]1C2. The van der Waals surface area contributed by atoms with E-state index >= 15 is 0 Å². The first-order chi connectivity index (χ1) is 6.43. The molecule has 1 saturated heterocycles. The summed E-state index contributed by atoms with van der Waals surface area (Å²) < 4.78 is 0. The van der Waals surface area contributed by atoms with Gasteiger partial charge in [-0.15, -0.1) is 0 Å². The second kappa shape index (κ2) is 2.88. The number of fused-ring (bicyclic) bond motifs is 2. The first kappa shape index (κ1) is 7.63. The predicted molar refractivity (Wildman–Crippen MR) is 52.7 cm³/mol. The molecule has 1 aliphatic carbocycles. The molecule has 2 nitrogen and oxygen atoms in total. The van der Waals surface area contributed by atoms with E-state index in [1.54, 1.807) is 5.56 Å². The third kappa shape index (κ3) is 1.20. The Bertz CT molecular complexity index is 274. The zero-order chi connectivity index (χ0) is 8.67. The number of H-pyrrole nitrogens is 1. The summed E-state index contributed by atoms with van der Waals surface area (Å²) in [7, 11) is 0. The molecule has 70 valence electrons. The van der Waals surface area contributed by atoms with E-state index < -0.39 is 0 Å². The van der Waals surface area contributed by atoms with E-state index in [-0.39, 0.29) is 0 Å². The molecular weight excluding hydrogens is 160 g/mol. The molecule has 0 radical (unpaired) electrons. The highest BCUT2D eigenvalue weighted by Gasteiger charge is 2.30. The largest absolute Gasteiger partial charge is 0.367 e. The first-order valence-electron chi connectivity index (χ1n) is 5.31. The van der Waals surface area contributed by atoms with Gasteiger partial charge in [-0.05, 0) is 49.3 Å². The number of hydrogen-bond acceptors (Lipinski definition) is 1. The summed E-state index contributed by atoms with van der Waals surface area (Å²) in [4.78, 5) is 3.22. The zero-order valence-electron chi connectivity index (χ0n) is 7.84. The molecule has 2 heterocycles. The Kier molecular flexibility index (Phi) is 1.69. The van der Waals surface area contributed by atoms with Crippen molar-refractivity contribution < 1.29 is 0 Å². The number of nitrogens with one attached hydrogen (secondary N) is 2. The first-order valence-corrected chi connectivity index (χ1v) is 5.31. The Morgan fingerprint density at radius 1 is 1.15 bits per heavy atom. The van der Waals surface area contributed by atoms with Gasteiger partial charge in [0.2, 0.25) is 0 Å². The van der Waals surface area contributed by atoms with E-state index in [4.69, 9.17) is 0 Å². The van der Waals surface area contributed by atoms with Gasteiger partial charge >= 0.3 is 0 Å². The lowest BCUT2D eigenvalue weighted by atomic mass is 9.78. The highest BCUT2D eigenvalue weighted by molar-refractivity contribution is 5.28. The lowest BCUT2D eigenvalue weighted by molar-refractivity contribution is 0.264. The van der Waals surface area contributed by atoms with Crippen LogP contribution in [0.25, 0.3) is 0 Å². The molecule has 2 heteroatoms. The maximum absolute atomic E-state index is 3.64. The molecule has 0 spiro atoms. The van der Waals surface area contributed by atoms with Crippen molar-refractivity contribution in [3.05, 3.63) is 23.5 Å². The summed E-state index contributed by atoms with van der Waals surface area (Å²) in [6.07, 6.45) is 9.66. The van der Waals surface area contributed by atoms with Crippen molar-refractivity contribution in [2.24, 2.45) is 5.92 Å². The Labute approximate surface area is 78.7 Å². The molecule has 2 atom stereocenters. The average Bonchev–Trinajstić information content (AvgIpc) is 2.61. The normalized spacial score (nSPS) is 32.3. The van der Waals surface area contributed by atoms with Crippen molar-refractivity contribution in [3.8, 4) is 0 Å². The Hall–Kier alpha value is -0.760. The Morgan fingerprint density at radius 2 is 2.00 bits per heavy atom. The minimum Gasteiger partial charge on any atom is -0.367 e. The van der Waals surface area contributed by atoms with E-state index in [0.29, 0.717) is 0 Å². The van der Waals surface area contributed by atoms with Crippen molar-refractivity contribution in [3.63, 3.8) is 0 Å². The molecule has 0 unspecified atom stereocenters. The van der Waals surface area contributed by atoms with Gasteiger partial charge in [-0.25, -0.2) is 0 Å². The summed E-state index contributed by atoms with van der Waals surface area (Å²) in [5.74, 6) is 0.900. The molecule has 2 N–H and O–H groups in total. The number of piperidine rings is 1. The van der Waals surface area contributed by atoms with Gasteiger partial charge in [0.15, 0.2) is 0 Å². The van der Waals surface area contributed by atoms with Crippen LogP contribution in [-0.4, -0.2) is 17.6 Å². The summed E-state index contributed by atoms with van der Waals surface area (Å²) in [6, 6.07) is 0.761. The second-order valence-corrected chi connectivity index (χ2v) is 4.38. The van der Waals surface area contributed by atoms with Crippen LogP contribution in [0.2, 0.25) is 0 Å². The highest BCUT2D eigenvalue weighted by Crippen LogP contribution is 2.30. The molecule has 0 saturated carbocycles. The highest BCUT2D eigenvalue weighted by atomic mass is 14.9. The molecule has 2 aliphatic rings. The summed E-state index contributed by atoms with van der Waals surface area (Å²) >= 11 is 0. The average molecular weight is 176 g/mol. The molecule has 13 heavy (non-hydrogen) atoms. The number of hydrogen-bond donors (Lipinski definition) is 2. The Morgan fingerprint density at radius 3 is 2.92 bits per heavy atom. The molecule has 0 aromatic carbocycles. The lowest BCUT2D eigenvalue weighted by Crippen LogP contribution is -2.45. The summed E-state index contributed by atoms with van der Waals surface area (Å²) in [5.41, 5.74) is 3.10. The van der Waals surface area contributed by atoms with Crippen LogP contribution in [0.5, 0.6) is 0 Å². The molecule has 1 fully saturated rings. The smallest absolute Gasteiger partial charge is 0.0140 e. The minimum atomic E-state index is 0.761. The quantitative estimate of drug-likeness (QED) is 0.615. The van der Waals surface area contributed by atoms with Crippen molar-refractivity contribution in [2.75, 3.05) is 6.54 Å². The van der Waals surface area contributed by atoms with Crippen molar-refractivity contribution >= 4 is 0 Å². The van der Waals surface area contributed by atoms with Crippen LogP contribution in [0.15, 0.2) is 12.4 Å². The fourth-order valence-electron chi connectivity index (χ4n) is 2.83. The number of aromatic amines is 1. The topological polar surface area (TPSA) is 27.8 Å². The van der Waals surface area contributed by atoms with Crippen LogP contribution in [-0.2, 0) is 12.8 Å². The van der Waals surface area contributed by atoms with E-state index in [9.17, 15) is 0 Å². The molecule has 0 bridgehead atoms. The third-order valence-corrected chi connectivity index (χ3v) is 3.58. The summed E-state index contributed by atoms with van der Waals surface area (Å²) in [5, 5.41) is 3.64. The van der Waals surface area contributed by atoms with E-state index in [1.165, 1.54) is 37.8 Å². The van der Waals surface area contributed by atoms with Crippen molar-refractivity contribution in [1.82, 2.24) is 10.3 Å². The zero-order valence-corrected chi connectivity index (χ0v) is 7.84. The van der Waals surface area contributed by atoms with Gasteiger partial charge in [0.25, 0.3) is 0 Å². The number of rotatable bonds is 0. The minimum absolute atomic E-state index is 0.761. The molecule has 3 rings (SSSR count). The summed E-state index contributed by atoms with van der Waals surface area (Å²) in [6.45, 7) is 1.22. The lowest BCUT2D eigenvalue weighted by Gasteiger charge is -2.36. The van der Waals surface area contributed by atoms with Crippen LogP contribution >= 0.6 is 0 Å². The van der Waals surface area contributed by atoms with Crippen LogP contribution in [0.1, 0.15) is 24.0 Å². The molecule has 1 aliphatic heterocycles. The molecule has 1 aromatic rings.